The topological polar surface area (TPSA) is 72.1 Å². The summed E-state index contributed by atoms with van der Waals surface area (Å²) in [7, 11) is 1.96. The fourth-order valence-corrected chi connectivity index (χ4v) is 5.88. The van der Waals surface area contributed by atoms with Crippen molar-refractivity contribution in [3.8, 4) is 11.5 Å². The first-order valence-electron chi connectivity index (χ1n) is 12.2. The van der Waals surface area contributed by atoms with E-state index in [1.165, 1.54) is 25.0 Å². The fraction of sp³-hybridized carbons (Fsp3) is 0.520. The number of aryl methyl sites for hydroxylation is 1. The Balaban J connectivity index is 1.21. The summed E-state index contributed by atoms with van der Waals surface area (Å²) in [6.45, 7) is 5.60. The number of aromatic nitrogens is 5. The zero-order valence-corrected chi connectivity index (χ0v) is 19.2. The van der Waals surface area contributed by atoms with Gasteiger partial charge in [0.2, 0.25) is 0 Å². The van der Waals surface area contributed by atoms with Crippen molar-refractivity contribution >= 4 is 5.82 Å². The molecule has 2 fully saturated rings. The van der Waals surface area contributed by atoms with E-state index in [1.807, 2.05) is 29.9 Å². The Morgan fingerprint density at radius 2 is 1.88 bits per heavy atom. The van der Waals surface area contributed by atoms with Gasteiger partial charge in [0, 0.05) is 62.8 Å². The molecule has 2 atom stereocenters. The van der Waals surface area contributed by atoms with E-state index in [1.54, 1.807) is 6.20 Å². The summed E-state index contributed by atoms with van der Waals surface area (Å²) < 4.78 is 4.02. The predicted molar refractivity (Wildman–Crippen MR) is 127 cm³/mol. The summed E-state index contributed by atoms with van der Waals surface area (Å²) in [5.41, 5.74) is 3.14. The first kappa shape index (κ1) is 20.6. The lowest BCUT2D eigenvalue weighted by molar-refractivity contribution is 0.218. The lowest BCUT2D eigenvalue weighted by atomic mass is 9.83. The van der Waals surface area contributed by atoms with Crippen molar-refractivity contribution < 1.29 is 0 Å². The van der Waals surface area contributed by atoms with E-state index in [4.69, 9.17) is 0 Å². The second-order valence-corrected chi connectivity index (χ2v) is 9.88. The molecule has 3 aliphatic rings. The Morgan fingerprint density at radius 1 is 1.00 bits per heavy atom. The number of imidazole rings is 1. The third-order valence-electron chi connectivity index (χ3n) is 7.55. The first-order valence-corrected chi connectivity index (χ1v) is 12.2. The van der Waals surface area contributed by atoms with Crippen LogP contribution in [0, 0.1) is 5.92 Å². The van der Waals surface area contributed by atoms with Crippen LogP contribution in [0.4, 0.5) is 5.82 Å². The summed E-state index contributed by atoms with van der Waals surface area (Å²) >= 11 is 0. The van der Waals surface area contributed by atoms with E-state index in [0.29, 0.717) is 11.8 Å². The average molecular weight is 446 g/mol. The van der Waals surface area contributed by atoms with E-state index in [9.17, 15) is 4.79 Å². The number of fused-ring (bicyclic) bond motifs is 4. The Hall–Kier alpha value is -3.00. The summed E-state index contributed by atoms with van der Waals surface area (Å²) in [4.78, 5) is 22.5. The Kier molecular flexibility index (Phi) is 5.25. The van der Waals surface area contributed by atoms with Crippen LogP contribution in [0.1, 0.15) is 42.9 Å². The van der Waals surface area contributed by atoms with Gasteiger partial charge in [-0.1, -0.05) is 12.5 Å². The molecule has 6 rings (SSSR count). The van der Waals surface area contributed by atoms with Crippen LogP contribution in [-0.2, 0) is 20.1 Å². The molecule has 3 aromatic heterocycles. The molecule has 172 valence electrons. The normalized spacial score (nSPS) is 22.9. The highest BCUT2D eigenvalue weighted by Gasteiger charge is 2.35. The molecule has 33 heavy (non-hydrogen) atoms. The van der Waals surface area contributed by atoms with Crippen LogP contribution in [0.5, 0.6) is 0 Å². The summed E-state index contributed by atoms with van der Waals surface area (Å²) in [6.07, 6.45) is 8.63. The Labute approximate surface area is 193 Å². The van der Waals surface area contributed by atoms with Crippen LogP contribution in [0.3, 0.4) is 0 Å². The monoisotopic (exact) mass is 445 g/mol. The minimum Gasteiger partial charge on any atom is -0.354 e. The number of hydrogen-bond donors (Lipinski definition) is 0. The highest BCUT2D eigenvalue weighted by molar-refractivity contribution is 5.52. The maximum atomic E-state index is 13.3. The van der Waals surface area contributed by atoms with Gasteiger partial charge < -0.3 is 14.0 Å². The van der Waals surface area contributed by atoms with E-state index >= 15 is 0 Å². The maximum Gasteiger partial charge on any atom is 0.255 e. The standard InChI is InChI=1S/C25H31N7O/c1-29-12-9-26-24(29)21-6-8-23(28-27-21)31-14-18-13-20(17-31)22-7-5-19(25(33)32(22)15-18)16-30-10-3-2-4-11-30/h5-9,12,18,20H,2-4,10-11,13-17H2,1H3/t18-,20+/m0/s1. The van der Waals surface area contributed by atoms with Crippen LogP contribution in [0.15, 0.2) is 41.5 Å². The quantitative estimate of drug-likeness (QED) is 0.615. The van der Waals surface area contributed by atoms with Gasteiger partial charge in [-0.15, -0.1) is 10.2 Å². The molecule has 0 unspecified atom stereocenters. The number of nitrogens with zero attached hydrogens (tertiary/aromatic N) is 7. The molecule has 0 N–H and O–H groups in total. The fourth-order valence-electron chi connectivity index (χ4n) is 5.88. The number of hydrogen-bond acceptors (Lipinski definition) is 6. The highest BCUT2D eigenvalue weighted by Crippen LogP contribution is 2.36. The third kappa shape index (κ3) is 3.86. The van der Waals surface area contributed by atoms with Gasteiger partial charge >= 0.3 is 0 Å². The number of piperidine rings is 2. The second kappa shape index (κ2) is 8.41. The van der Waals surface area contributed by atoms with E-state index in [-0.39, 0.29) is 5.56 Å². The largest absolute Gasteiger partial charge is 0.354 e. The van der Waals surface area contributed by atoms with Crippen LogP contribution in [0.25, 0.3) is 11.5 Å². The van der Waals surface area contributed by atoms with Crippen molar-refractivity contribution in [3.05, 3.63) is 58.3 Å². The first-order chi connectivity index (χ1) is 16.2. The zero-order chi connectivity index (χ0) is 22.4. The van der Waals surface area contributed by atoms with E-state index < -0.39 is 0 Å². The second-order valence-electron chi connectivity index (χ2n) is 9.88. The van der Waals surface area contributed by atoms with Crippen molar-refractivity contribution in [1.82, 2.24) is 29.2 Å². The number of pyridine rings is 1. The summed E-state index contributed by atoms with van der Waals surface area (Å²) in [6, 6.07) is 8.34. The molecule has 0 amide bonds. The van der Waals surface area contributed by atoms with Gasteiger partial charge in [-0.05, 0) is 56.5 Å². The minimum atomic E-state index is 0.223. The van der Waals surface area contributed by atoms with Gasteiger partial charge in [0.15, 0.2) is 11.6 Å². The van der Waals surface area contributed by atoms with Crippen LogP contribution in [0.2, 0.25) is 0 Å². The maximum absolute atomic E-state index is 13.3. The zero-order valence-electron chi connectivity index (χ0n) is 19.2. The molecule has 0 saturated carbocycles. The average Bonchev–Trinajstić information content (AvgIpc) is 3.28. The van der Waals surface area contributed by atoms with E-state index in [0.717, 1.165) is 68.6 Å². The van der Waals surface area contributed by atoms with Gasteiger partial charge in [-0.2, -0.15) is 0 Å². The molecular weight excluding hydrogens is 414 g/mol. The lowest BCUT2D eigenvalue weighted by Gasteiger charge is -2.43. The van der Waals surface area contributed by atoms with Crippen molar-refractivity contribution in [3.63, 3.8) is 0 Å². The molecule has 0 spiro atoms. The number of rotatable bonds is 4. The van der Waals surface area contributed by atoms with Gasteiger partial charge in [0.1, 0.15) is 5.69 Å². The SMILES string of the molecule is Cn1ccnc1-c1ccc(N2C[C@@H]3C[C@H](C2)c2ccc(CN4CCCCC4)c(=O)n2C3)nn1. The molecule has 0 aliphatic carbocycles. The third-order valence-corrected chi connectivity index (χ3v) is 7.55. The van der Waals surface area contributed by atoms with Gasteiger partial charge in [0.25, 0.3) is 5.56 Å². The summed E-state index contributed by atoms with van der Waals surface area (Å²) in [5.74, 6) is 2.53. The minimum absolute atomic E-state index is 0.223. The van der Waals surface area contributed by atoms with Gasteiger partial charge in [0.05, 0.1) is 0 Å². The van der Waals surface area contributed by atoms with Crippen LogP contribution in [-0.4, -0.2) is 55.4 Å². The predicted octanol–water partition coefficient (Wildman–Crippen LogP) is 2.65. The molecule has 0 aromatic carbocycles. The van der Waals surface area contributed by atoms with Crippen molar-refractivity contribution in [2.24, 2.45) is 13.0 Å². The lowest BCUT2D eigenvalue weighted by Crippen LogP contribution is -2.48. The van der Waals surface area contributed by atoms with Crippen molar-refractivity contribution in [1.29, 1.82) is 0 Å². The molecule has 2 saturated heterocycles. The van der Waals surface area contributed by atoms with Gasteiger partial charge in [-0.25, -0.2) is 4.98 Å². The molecule has 0 radical (unpaired) electrons. The Morgan fingerprint density at radius 3 is 2.64 bits per heavy atom. The number of anilines is 1. The van der Waals surface area contributed by atoms with E-state index in [2.05, 4.69) is 41.7 Å². The van der Waals surface area contributed by atoms with Crippen LogP contribution >= 0.6 is 0 Å². The molecule has 6 heterocycles. The van der Waals surface area contributed by atoms with Crippen molar-refractivity contribution in [2.45, 2.75) is 44.7 Å². The molecule has 3 aromatic rings. The van der Waals surface area contributed by atoms with Crippen LogP contribution < -0.4 is 10.5 Å². The summed E-state index contributed by atoms with van der Waals surface area (Å²) in [5, 5.41) is 8.97. The molecule has 3 aliphatic heterocycles. The number of likely N-dealkylation sites (tertiary alicyclic amines) is 1. The van der Waals surface area contributed by atoms with Gasteiger partial charge in [-0.3, -0.25) is 9.69 Å². The molecule has 8 nitrogen and oxygen atoms in total. The smallest absolute Gasteiger partial charge is 0.255 e. The molecule has 2 bridgehead atoms. The van der Waals surface area contributed by atoms with Crippen molar-refractivity contribution in [2.75, 3.05) is 31.1 Å². The molecule has 8 heteroatoms. The molecular formula is C25H31N7O. The highest BCUT2D eigenvalue weighted by atomic mass is 16.1. The Bertz CT molecular complexity index is 1190.